The number of amides is 1. The summed E-state index contributed by atoms with van der Waals surface area (Å²) >= 11 is 1.42. The smallest absolute Gasteiger partial charge is 0.230 e. The van der Waals surface area contributed by atoms with Gasteiger partial charge >= 0.3 is 0 Å². The van der Waals surface area contributed by atoms with Gasteiger partial charge in [0.15, 0.2) is 17.1 Å². The minimum absolute atomic E-state index is 0.0669. The Kier molecular flexibility index (Phi) is 7.22. The molecule has 0 saturated heterocycles. The van der Waals surface area contributed by atoms with Crippen molar-refractivity contribution in [1.82, 2.24) is 19.9 Å². The van der Waals surface area contributed by atoms with Crippen LogP contribution in [0.25, 0.3) is 16.8 Å². The highest BCUT2D eigenvalue weighted by molar-refractivity contribution is 7.99. The Morgan fingerprint density at radius 2 is 1.85 bits per heavy atom. The molecule has 1 N–H and O–H groups in total. The number of carbonyl (C=O) groups excluding carboxylic acids is 1. The van der Waals surface area contributed by atoms with Crippen molar-refractivity contribution in [1.29, 1.82) is 0 Å². The summed E-state index contributed by atoms with van der Waals surface area (Å²) in [5.74, 6) is 2.24. The van der Waals surface area contributed by atoms with Gasteiger partial charge in [0.1, 0.15) is 10.8 Å². The van der Waals surface area contributed by atoms with Crippen LogP contribution in [0.3, 0.4) is 0 Å². The van der Waals surface area contributed by atoms with Gasteiger partial charge in [0.05, 0.1) is 33.3 Å². The van der Waals surface area contributed by atoms with Crippen LogP contribution in [0.5, 0.6) is 17.2 Å². The summed E-state index contributed by atoms with van der Waals surface area (Å²) in [6.07, 6.45) is 1.77. The first-order valence-corrected chi connectivity index (χ1v) is 11.6. The molecular formula is C25H26N4O4S. The largest absolute Gasteiger partial charge is 0.497 e. The number of thioether (sulfide) groups is 1. The van der Waals surface area contributed by atoms with E-state index in [4.69, 9.17) is 19.2 Å². The first-order valence-electron chi connectivity index (χ1n) is 10.6. The molecule has 0 radical (unpaired) electrons. The van der Waals surface area contributed by atoms with Crippen molar-refractivity contribution in [2.45, 2.75) is 18.5 Å². The molecule has 0 unspecified atom stereocenters. The molecule has 4 rings (SSSR count). The fourth-order valence-electron chi connectivity index (χ4n) is 3.53. The number of nitrogens with zero attached hydrogens (tertiary/aromatic N) is 3. The predicted octanol–water partition coefficient (Wildman–Crippen LogP) is 4.14. The molecule has 0 aliphatic heterocycles. The van der Waals surface area contributed by atoms with Gasteiger partial charge in [0.2, 0.25) is 5.91 Å². The maximum absolute atomic E-state index is 12.5. The first kappa shape index (κ1) is 23.4. The number of carbonyl (C=O) groups is 1. The summed E-state index contributed by atoms with van der Waals surface area (Å²) in [7, 11) is 4.83. The van der Waals surface area contributed by atoms with E-state index in [1.165, 1.54) is 11.8 Å². The lowest BCUT2D eigenvalue weighted by atomic mass is 10.1. The van der Waals surface area contributed by atoms with Gasteiger partial charge in [0.25, 0.3) is 0 Å². The summed E-state index contributed by atoms with van der Waals surface area (Å²) in [5, 5.41) is 8.33. The highest BCUT2D eigenvalue weighted by Crippen LogP contribution is 2.34. The molecule has 0 aliphatic carbocycles. The minimum Gasteiger partial charge on any atom is -0.497 e. The third-order valence-corrected chi connectivity index (χ3v) is 6.23. The fourth-order valence-corrected chi connectivity index (χ4v) is 4.42. The van der Waals surface area contributed by atoms with E-state index in [0.717, 1.165) is 33.2 Å². The zero-order valence-corrected chi connectivity index (χ0v) is 20.3. The Bertz CT molecular complexity index is 1320. The molecule has 2 aromatic carbocycles. The molecule has 0 saturated carbocycles. The van der Waals surface area contributed by atoms with Crippen LogP contribution in [0.4, 0.5) is 0 Å². The highest BCUT2D eigenvalue weighted by Gasteiger charge is 2.15. The van der Waals surface area contributed by atoms with Crippen LogP contribution in [0.2, 0.25) is 0 Å². The molecule has 4 aromatic rings. The van der Waals surface area contributed by atoms with Crippen LogP contribution in [-0.4, -0.2) is 47.6 Å². The number of nitrogens with one attached hydrogen (secondary N) is 1. The fraction of sp³-hybridized carbons (Fsp3) is 0.240. The van der Waals surface area contributed by atoms with Crippen molar-refractivity contribution in [2.75, 3.05) is 27.1 Å². The van der Waals surface area contributed by atoms with Crippen molar-refractivity contribution in [3.05, 3.63) is 66.0 Å². The number of fused-ring (bicyclic) bond motifs is 1. The van der Waals surface area contributed by atoms with Crippen LogP contribution in [0.15, 0.2) is 59.8 Å². The molecule has 34 heavy (non-hydrogen) atoms. The van der Waals surface area contributed by atoms with Crippen LogP contribution in [0, 0.1) is 6.92 Å². The molecule has 1 amide bonds. The van der Waals surface area contributed by atoms with Gasteiger partial charge in [-0.05, 0) is 48.4 Å². The third-order valence-electron chi connectivity index (χ3n) is 5.24. The van der Waals surface area contributed by atoms with E-state index >= 15 is 0 Å². The van der Waals surface area contributed by atoms with Crippen LogP contribution >= 0.6 is 11.8 Å². The Balaban J connectivity index is 1.50. The molecule has 0 fully saturated rings. The Labute approximate surface area is 202 Å². The first-order chi connectivity index (χ1) is 16.5. The molecule has 0 atom stereocenters. The van der Waals surface area contributed by atoms with Gasteiger partial charge in [-0.3, -0.25) is 4.79 Å². The third kappa shape index (κ3) is 5.09. The average molecular weight is 479 g/mol. The van der Waals surface area contributed by atoms with Crippen molar-refractivity contribution < 1.29 is 19.0 Å². The van der Waals surface area contributed by atoms with Gasteiger partial charge in [-0.25, -0.2) is 9.50 Å². The number of hydrogen-bond donors (Lipinski definition) is 1. The lowest BCUT2D eigenvalue weighted by Gasteiger charge is -2.10. The number of rotatable bonds is 9. The van der Waals surface area contributed by atoms with Gasteiger partial charge in [-0.2, -0.15) is 5.10 Å². The van der Waals surface area contributed by atoms with Gasteiger partial charge in [-0.15, -0.1) is 0 Å². The minimum atomic E-state index is -0.0669. The van der Waals surface area contributed by atoms with Gasteiger partial charge < -0.3 is 19.5 Å². The second kappa shape index (κ2) is 10.5. The normalized spacial score (nSPS) is 10.8. The molecule has 2 aromatic heterocycles. The maximum atomic E-state index is 12.5. The van der Waals surface area contributed by atoms with E-state index in [0.29, 0.717) is 23.7 Å². The van der Waals surface area contributed by atoms with E-state index in [-0.39, 0.29) is 11.7 Å². The summed E-state index contributed by atoms with van der Waals surface area (Å²) in [4.78, 5) is 17.2. The molecule has 0 bridgehead atoms. The van der Waals surface area contributed by atoms with Crippen molar-refractivity contribution >= 4 is 23.3 Å². The molecular weight excluding hydrogens is 452 g/mol. The highest BCUT2D eigenvalue weighted by atomic mass is 32.2. The van der Waals surface area contributed by atoms with E-state index in [1.54, 1.807) is 32.0 Å². The molecule has 9 heteroatoms. The quantitative estimate of drug-likeness (QED) is 0.286. The van der Waals surface area contributed by atoms with Crippen molar-refractivity contribution in [3.63, 3.8) is 0 Å². The summed E-state index contributed by atoms with van der Waals surface area (Å²) < 4.78 is 17.8. The number of hydrogen-bond acceptors (Lipinski definition) is 7. The SMILES string of the molecule is COc1cccc(CNC(=O)CSc2cc(C)nc3c(-c4ccc(OC)c(OC)c4)cnn23)c1. The standard InChI is InChI=1S/C25H26N4O4S/c1-16-10-24(34-15-23(30)26-13-17-6-5-7-19(11-17)31-2)29-25(28-16)20(14-27-29)18-8-9-21(32-3)22(12-18)33-4/h5-12,14H,13,15H2,1-4H3,(H,26,30). The van der Waals surface area contributed by atoms with E-state index < -0.39 is 0 Å². The molecule has 176 valence electrons. The zero-order valence-electron chi connectivity index (χ0n) is 19.5. The molecule has 2 heterocycles. The van der Waals surface area contributed by atoms with Crippen molar-refractivity contribution in [3.8, 4) is 28.4 Å². The van der Waals surface area contributed by atoms with E-state index in [2.05, 4.69) is 10.4 Å². The molecule has 0 spiro atoms. The Morgan fingerprint density at radius 3 is 2.62 bits per heavy atom. The summed E-state index contributed by atoms with van der Waals surface area (Å²) in [6, 6.07) is 15.3. The monoisotopic (exact) mass is 478 g/mol. The van der Waals surface area contributed by atoms with Gasteiger partial charge in [-0.1, -0.05) is 30.0 Å². The molecule has 8 nitrogen and oxygen atoms in total. The van der Waals surface area contributed by atoms with Crippen LogP contribution < -0.4 is 19.5 Å². The topological polar surface area (TPSA) is 87.0 Å². The number of ether oxygens (including phenoxy) is 3. The molecule has 0 aliphatic rings. The van der Waals surface area contributed by atoms with Crippen molar-refractivity contribution in [2.24, 2.45) is 0 Å². The Hall–Kier alpha value is -3.72. The maximum Gasteiger partial charge on any atom is 0.230 e. The summed E-state index contributed by atoms with van der Waals surface area (Å²) in [6.45, 7) is 2.37. The summed E-state index contributed by atoms with van der Waals surface area (Å²) in [5.41, 5.74) is 4.32. The number of methoxy groups -OCH3 is 3. The van der Waals surface area contributed by atoms with Crippen LogP contribution in [0.1, 0.15) is 11.3 Å². The second-order valence-corrected chi connectivity index (χ2v) is 8.51. The van der Waals surface area contributed by atoms with E-state index in [1.807, 2.05) is 55.5 Å². The van der Waals surface area contributed by atoms with Crippen LogP contribution in [-0.2, 0) is 11.3 Å². The number of benzene rings is 2. The predicted molar refractivity (Wildman–Crippen MR) is 132 cm³/mol. The van der Waals surface area contributed by atoms with E-state index in [9.17, 15) is 4.79 Å². The van der Waals surface area contributed by atoms with Gasteiger partial charge in [0, 0.05) is 17.8 Å². The Morgan fingerprint density at radius 1 is 1.03 bits per heavy atom. The second-order valence-electron chi connectivity index (χ2n) is 7.52. The number of aryl methyl sites for hydroxylation is 1. The zero-order chi connectivity index (χ0) is 24.1. The lowest BCUT2D eigenvalue weighted by Crippen LogP contribution is -2.24. The lowest BCUT2D eigenvalue weighted by molar-refractivity contribution is -0.118. The average Bonchev–Trinajstić information content (AvgIpc) is 3.29. The number of aromatic nitrogens is 3.